The van der Waals surface area contributed by atoms with E-state index in [1.165, 1.54) is 17.3 Å². The molecule has 0 aliphatic carbocycles. The van der Waals surface area contributed by atoms with Gasteiger partial charge in [0.2, 0.25) is 11.7 Å². The summed E-state index contributed by atoms with van der Waals surface area (Å²) in [5, 5.41) is 4.77. The summed E-state index contributed by atoms with van der Waals surface area (Å²) in [6, 6.07) is 25.8. The monoisotopic (exact) mass is 577 g/mol. The van der Waals surface area contributed by atoms with Gasteiger partial charge in [-0.15, -0.1) is 0 Å². The number of fused-ring (bicyclic) bond motifs is 1. The Morgan fingerprint density at radius 3 is 2.36 bits per heavy atom. The highest BCUT2D eigenvalue weighted by Gasteiger charge is 2.19. The zero-order valence-electron chi connectivity index (χ0n) is 23.9. The normalized spacial score (nSPS) is 11.7. The van der Waals surface area contributed by atoms with Gasteiger partial charge in [0.1, 0.15) is 16.8 Å². The summed E-state index contributed by atoms with van der Waals surface area (Å²) in [6.45, 7) is 6.90. The van der Waals surface area contributed by atoms with E-state index in [0.717, 1.165) is 28.0 Å². The molecule has 3 aromatic carbocycles. The van der Waals surface area contributed by atoms with Crippen LogP contribution in [0.15, 0.2) is 99.5 Å². The van der Waals surface area contributed by atoms with Crippen molar-refractivity contribution in [3.05, 3.63) is 112 Å². The van der Waals surface area contributed by atoms with Gasteiger partial charge in [-0.25, -0.2) is 4.98 Å². The van der Waals surface area contributed by atoms with Gasteiger partial charge in [-0.1, -0.05) is 104 Å². The quantitative estimate of drug-likeness (QED) is 0.152. The first kappa shape index (κ1) is 27.5. The summed E-state index contributed by atoms with van der Waals surface area (Å²) >= 11 is 1.39. The van der Waals surface area contributed by atoms with E-state index in [0.29, 0.717) is 40.2 Å². The van der Waals surface area contributed by atoms with Gasteiger partial charge in [0, 0.05) is 17.3 Å². The van der Waals surface area contributed by atoms with Crippen LogP contribution in [0.4, 0.5) is 0 Å². The molecule has 0 bridgehead atoms. The highest BCUT2D eigenvalue weighted by atomic mass is 32.2. The Bertz CT molecular complexity index is 1880. The number of ether oxygens (including phenoxy) is 1. The summed E-state index contributed by atoms with van der Waals surface area (Å²) in [6.07, 6.45) is 1.84. The Kier molecular flexibility index (Phi) is 7.43. The highest BCUT2D eigenvalue weighted by molar-refractivity contribution is 7.98. The molecule has 0 aliphatic heterocycles. The fourth-order valence-electron chi connectivity index (χ4n) is 4.75. The van der Waals surface area contributed by atoms with Crippen molar-refractivity contribution in [3.63, 3.8) is 0 Å². The number of methoxy groups -OCH3 is 1. The maximum Gasteiger partial charge on any atom is 0.278 e. The van der Waals surface area contributed by atoms with E-state index in [1.54, 1.807) is 11.7 Å². The second kappa shape index (κ2) is 11.3. The van der Waals surface area contributed by atoms with E-state index >= 15 is 0 Å². The van der Waals surface area contributed by atoms with Crippen LogP contribution in [0.3, 0.4) is 0 Å². The number of aromatic nitrogens is 5. The highest BCUT2D eigenvalue weighted by Crippen LogP contribution is 2.30. The molecule has 0 atom stereocenters. The Morgan fingerprint density at radius 1 is 0.929 bits per heavy atom. The lowest BCUT2D eigenvalue weighted by Gasteiger charge is -2.18. The number of nitrogens with one attached hydrogen (secondary N) is 1. The minimum atomic E-state index is -0.148. The van der Waals surface area contributed by atoms with Crippen molar-refractivity contribution in [2.75, 3.05) is 7.11 Å². The molecule has 8 nitrogen and oxygen atoms in total. The van der Waals surface area contributed by atoms with Crippen LogP contribution in [0, 0.1) is 0 Å². The van der Waals surface area contributed by atoms with Gasteiger partial charge < -0.3 is 14.2 Å². The van der Waals surface area contributed by atoms with Gasteiger partial charge in [-0.3, -0.25) is 9.36 Å². The van der Waals surface area contributed by atoms with Gasteiger partial charge in [-0.2, -0.15) is 4.98 Å². The first-order valence-corrected chi connectivity index (χ1v) is 14.7. The molecule has 6 rings (SSSR count). The summed E-state index contributed by atoms with van der Waals surface area (Å²) in [7, 11) is 1.63. The number of benzene rings is 3. The summed E-state index contributed by atoms with van der Waals surface area (Å²) < 4.78 is 12.6. The van der Waals surface area contributed by atoms with Crippen LogP contribution >= 0.6 is 11.8 Å². The van der Waals surface area contributed by atoms with Crippen LogP contribution in [0.5, 0.6) is 5.75 Å². The zero-order chi connectivity index (χ0) is 29.3. The topological polar surface area (TPSA) is 98.8 Å². The maximum absolute atomic E-state index is 13.8. The van der Waals surface area contributed by atoms with Gasteiger partial charge in [-0.05, 0) is 34.2 Å². The molecule has 212 valence electrons. The van der Waals surface area contributed by atoms with Crippen LogP contribution < -0.4 is 10.3 Å². The molecule has 42 heavy (non-hydrogen) atoms. The third-order valence-electron chi connectivity index (χ3n) is 7.14. The predicted octanol–water partition coefficient (Wildman–Crippen LogP) is 7.09. The lowest BCUT2D eigenvalue weighted by molar-refractivity contribution is 0.391. The lowest BCUT2D eigenvalue weighted by Crippen LogP contribution is -2.24. The SMILES string of the molecule is COc1ccc(Cn2c(SCc3nc(-c4ccc(C(C)(C)C)cc4)no3)nc3c(-c4ccccc4)c[nH]c3c2=O)cc1. The van der Waals surface area contributed by atoms with Gasteiger partial charge in [0.15, 0.2) is 5.16 Å². The molecule has 9 heteroatoms. The standard InChI is InChI=1S/C33H31N5O3S/c1-33(2,3)24-14-12-23(13-15-24)30-35-27(41-37-30)20-42-32-36-28-26(22-8-6-5-7-9-22)18-34-29(28)31(39)38(32)19-21-10-16-25(40-4)17-11-21/h5-18,34H,19-20H2,1-4H3. The molecule has 0 aliphatic rings. The van der Waals surface area contributed by atoms with E-state index in [1.807, 2.05) is 72.9 Å². The maximum atomic E-state index is 13.8. The van der Waals surface area contributed by atoms with Crippen LogP contribution in [0.25, 0.3) is 33.5 Å². The van der Waals surface area contributed by atoms with Crippen molar-refractivity contribution in [3.8, 4) is 28.3 Å². The van der Waals surface area contributed by atoms with Crippen molar-refractivity contribution in [1.82, 2.24) is 24.7 Å². The van der Waals surface area contributed by atoms with Crippen LogP contribution in [-0.2, 0) is 17.7 Å². The van der Waals surface area contributed by atoms with Gasteiger partial charge in [0.25, 0.3) is 5.56 Å². The minimum Gasteiger partial charge on any atom is -0.497 e. The van der Waals surface area contributed by atoms with E-state index in [-0.39, 0.29) is 11.0 Å². The molecule has 0 spiro atoms. The van der Waals surface area contributed by atoms with E-state index in [2.05, 4.69) is 48.0 Å². The third-order valence-corrected chi connectivity index (χ3v) is 8.10. The molecule has 1 N–H and O–H groups in total. The van der Waals surface area contributed by atoms with Crippen molar-refractivity contribution in [1.29, 1.82) is 0 Å². The number of hydrogen-bond acceptors (Lipinski definition) is 7. The van der Waals surface area contributed by atoms with Crippen molar-refractivity contribution < 1.29 is 9.26 Å². The number of hydrogen-bond donors (Lipinski definition) is 1. The zero-order valence-corrected chi connectivity index (χ0v) is 24.7. The molecule has 3 heterocycles. The first-order valence-electron chi connectivity index (χ1n) is 13.7. The van der Waals surface area contributed by atoms with E-state index < -0.39 is 0 Å². The Balaban J connectivity index is 1.33. The molecule has 6 aromatic rings. The second-order valence-electron chi connectivity index (χ2n) is 11.1. The second-order valence-corrected chi connectivity index (χ2v) is 12.0. The average molecular weight is 578 g/mol. The van der Waals surface area contributed by atoms with Crippen molar-refractivity contribution in [2.45, 2.75) is 43.6 Å². The fraction of sp³-hybridized carbons (Fsp3) is 0.212. The lowest BCUT2D eigenvalue weighted by atomic mass is 9.87. The fourth-order valence-corrected chi connectivity index (χ4v) is 5.58. The molecule has 0 saturated heterocycles. The van der Waals surface area contributed by atoms with E-state index in [4.69, 9.17) is 14.2 Å². The van der Waals surface area contributed by atoms with E-state index in [9.17, 15) is 4.79 Å². The molecule has 0 amide bonds. The molecular weight excluding hydrogens is 546 g/mol. The number of aromatic amines is 1. The first-order chi connectivity index (χ1) is 20.3. The molecule has 0 radical (unpaired) electrons. The Morgan fingerprint density at radius 2 is 1.67 bits per heavy atom. The Labute approximate surface area is 247 Å². The summed E-state index contributed by atoms with van der Waals surface area (Å²) in [5.41, 5.74) is 5.95. The number of rotatable bonds is 8. The van der Waals surface area contributed by atoms with Crippen LogP contribution in [-0.4, -0.2) is 31.8 Å². The van der Waals surface area contributed by atoms with Crippen molar-refractivity contribution in [2.24, 2.45) is 0 Å². The number of thioether (sulfide) groups is 1. The summed E-state index contributed by atoms with van der Waals surface area (Å²) in [4.78, 5) is 26.6. The third kappa shape index (κ3) is 5.60. The minimum absolute atomic E-state index is 0.0626. The number of H-pyrrole nitrogens is 1. The predicted molar refractivity (Wildman–Crippen MR) is 166 cm³/mol. The molecule has 3 aromatic heterocycles. The van der Waals surface area contributed by atoms with Crippen LogP contribution in [0.2, 0.25) is 0 Å². The molecule has 0 saturated carbocycles. The average Bonchev–Trinajstić information content (AvgIpc) is 3.66. The van der Waals surface area contributed by atoms with Crippen LogP contribution in [0.1, 0.15) is 37.8 Å². The van der Waals surface area contributed by atoms with Crippen molar-refractivity contribution >= 4 is 22.8 Å². The van der Waals surface area contributed by atoms with Gasteiger partial charge >= 0.3 is 0 Å². The molecular formula is C33H31N5O3S. The molecule has 0 fully saturated rings. The molecule has 0 unspecified atom stereocenters. The Hall–Kier alpha value is -4.63. The smallest absolute Gasteiger partial charge is 0.278 e. The van der Waals surface area contributed by atoms with Gasteiger partial charge in [0.05, 0.1) is 19.4 Å². The number of nitrogens with zero attached hydrogens (tertiary/aromatic N) is 4. The summed E-state index contributed by atoms with van der Waals surface area (Å²) in [5.74, 6) is 2.10. The largest absolute Gasteiger partial charge is 0.497 e.